The van der Waals surface area contributed by atoms with Crippen molar-refractivity contribution in [3.05, 3.63) is 35.9 Å². The Morgan fingerprint density at radius 3 is 2.29 bits per heavy atom. The summed E-state index contributed by atoms with van der Waals surface area (Å²) in [6, 6.07) is 10.5. The van der Waals surface area contributed by atoms with Gasteiger partial charge in [-0.25, -0.2) is 4.79 Å². The third-order valence-electron chi connectivity index (χ3n) is 6.09. The number of nitrogens with one attached hydrogen (secondary N) is 1. The van der Waals surface area contributed by atoms with Gasteiger partial charge < -0.3 is 15.1 Å². The first-order valence-corrected chi connectivity index (χ1v) is 9.08. The molecule has 3 aliphatic rings. The molecular weight excluding hydrogens is 302 g/mol. The lowest BCUT2D eigenvalue weighted by molar-refractivity contribution is -0.130. The second-order valence-electron chi connectivity index (χ2n) is 7.29. The molecule has 3 heterocycles. The topological polar surface area (TPSA) is 52.7 Å². The molecule has 1 aromatic carbocycles. The quantitative estimate of drug-likeness (QED) is 0.860. The maximum absolute atomic E-state index is 12.6. The van der Waals surface area contributed by atoms with E-state index in [1.165, 1.54) is 5.56 Å². The minimum absolute atomic E-state index is 0.164. The highest BCUT2D eigenvalue weighted by atomic mass is 16.2. The first kappa shape index (κ1) is 15.5. The van der Waals surface area contributed by atoms with E-state index >= 15 is 0 Å². The maximum Gasteiger partial charge on any atom is 0.319 e. The fourth-order valence-electron chi connectivity index (χ4n) is 4.63. The monoisotopic (exact) mass is 327 g/mol. The summed E-state index contributed by atoms with van der Waals surface area (Å²) in [5, 5.41) is 3.08. The lowest BCUT2D eigenvalue weighted by Crippen LogP contribution is -2.51. The van der Waals surface area contributed by atoms with E-state index in [0.717, 1.165) is 38.8 Å². The molecule has 3 amide bonds. The van der Waals surface area contributed by atoms with Gasteiger partial charge in [0, 0.05) is 38.6 Å². The van der Waals surface area contributed by atoms with Crippen LogP contribution < -0.4 is 5.32 Å². The minimum Gasteiger partial charge on any atom is -0.355 e. The Balaban J connectivity index is 1.49. The van der Waals surface area contributed by atoms with Crippen molar-refractivity contribution in [3.63, 3.8) is 0 Å². The van der Waals surface area contributed by atoms with Crippen LogP contribution in [0.1, 0.15) is 37.2 Å². The first-order chi connectivity index (χ1) is 11.7. The minimum atomic E-state index is -0.344. The average Bonchev–Trinajstić information content (AvgIpc) is 3.26. The van der Waals surface area contributed by atoms with E-state index in [1.807, 2.05) is 28.0 Å². The van der Waals surface area contributed by atoms with Gasteiger partial charge in [-0.2, -0.15) is 0 Å². The second-order valence-corrected chi connectivity index (χ2v) is 7.29. The molecular formula is C19H25N3O2. The first-order valence-electron chi connectivity index (χ1n) is 9.08. The normalized spacial score (nSPS) is 26.0. The molecule has 1 spiro atoms. The number of likely N-dealkylation sites (tertiary alicyclic amines) is 2. The molecule has 0 radical (unpaired) electrons. The molecule has 24 heavy (non-hydrogen) atoms. The summed E-state index contributed by atoms with van der Waals surface area (Å²) in [6.07, 6.45) is 3.75. The number of benzene rings is 1. The number of hydrogen-bond acceptors (Lipinski definition) is 2. The highest BCUT2D eigenvalue weighted by Crippen LogP contribution is 2.47. The fraction of sp³-hybridized carbons (Fsp3) is 0.579. The van der Waals surface area contributed by atoms with Crippen LogP contribution in [0.2, 0.25) is 0 Å². The molecule has 4 rings (SSSR count). The smallest absolute Gasteiger partial charge is 0.319 e. The number of amides is 3. The second kappa shape index (κ2) is 6.11. The molecule has 128 valence electrons. The van der Waals surface area contributed by atoms with Gasteiger partial charge >= 0.3 is 6.03 Å². The standard InChI is InChI=1S/C19H25N3O2/c23-17-19(16(14-20-17)15-6-2-1-3-7-15)8-12-22(13-9-19)18(24)21-10-4-5-11-21/h1-3,6-7,16H,4-5,8-14H2,(H,20,23)/t16-/m1/s1. The van der Waals surface area contributed by atoms with E-state index in [4.69, 9.17) is 0 Å². The van der Waals surface area contributed by atoms with E-state index in [-0.39, 0.29) is 23.3 Å². The molecule has 1 atom stereocenters. The summed E-state index contributed by atoms with van der Waals surface area (Å²) in [5.74, 6) is 0.389. The number of piperidine rings is 1. The van der Waals surface area contributed by atoms with Gasteiger partial charge in [0.1, 0.15) is 0 Å². The predicted molar refractivity (Wildman–Crippen MR) is 91.6 cm³/mol. The number of hydrogen-bond donors (Lipinski definition) is 1. The predicted octanol–water partition coefficient (Wildman–Crippen LogP) is 2.20. The zero-order chi connectivity index (χ0) is 16.6. The van der Waals surface area contributed by atoms with Crippen LogP contribution in [-0.2, 0) is 4.79 Å². The number of rotatable bonds is 1. The third-order valence-corrected chi connectivity index (χ3v) is 6.09. The SMILES string of the molecule is O=C(N1CCCC1)N1CCC2(CC1)C(=O)NC[C@@H]2c1ccccc1. The molecule has 3 saturated heterocycles. The van der Waals surface area contributed by atoms with E-state index in [9.17, 15) is 9.59 Å². The lowest BCUT2D eigenvalue weighted by atomic mass is 9.68. The number of carbonyl (C=O) groups excluding carboxylic acids is 2. The van der Waals surface area contributed by atoms with Gasteiger partial charge in [0.05, 0.1) is 5.41 Å². The Morgan fingerprint density at radius 2 is 1.62 bits per heavy atom. The van der Waals surface area contributed by atoms with Gasteiger partial charge in [-0.15, -0.1) is 0 Å². The van der Waals surface area contributed by atoms with Gasteiger partial charge in [-0.1, -0.05) is 30.3 Å². The van der Waals surface area contributed by atoms with Crippen LogP contribution in [0.25, 0.3) is 0 Å². The molecule has 0 saturated carbocycles. The number of urea groups is 1. The summed E-state index contributed by atoms with van der Waals surface area (Å²) in [5.41, 5.74) is 0.888. The van der Waals surface area contributed by atoms with E-state index in [0.29, 0.717) is 19.6 Å². The molecule has 5 heteroatoms. The number of carbonyl (C=O) groups is 2. The van der Waals surface area contributed by atoms with Crippen LogP contribution in [-0.4, -0.2) is 54.5 Å². The van der Waals surface area contributed by atoms with Crippen LogP contribution in [0.15, 0.2) is 30.3 Å². The highest BCUT2D eigenvalue weighted by Gasteiger charge is 2.52. The van der Waals surface area contributed by atoms with Gasteiger partial charge in [-0.3, -0.25) is 4.79 Å². The molecule has 3 fully saturated rings. The van der Waals surface area contributed by atoms with Gasteiger partial charge in [0.2, 0.25) is 5.91 Å². The number of nitrogens with zero attached hydrogens (tertiary/aromatic N) is 2. The summed E-state index contributed by atoms with van der Waals surface area (Å²) in [6.45, 7) is 3.85. The average molecular weight is 327 g/mol. The summed E-state index contributed by atoms with van der Waals surface area (Å²) < 4.78 is 0. The molecule has 5 nitrogen and oxygen atoms in total. The van der Waals surface area contributed by atoms with Crippen molar-refractivity contribution >= 4 is 11.9 Å². The van der Waals surface area contributed by atoms with Gasteiger partial charge in [0.15, 0.2) is 0 Å². The van der Waals surface area contributed by atoms with Crippen LogP contribution >= 0.6 is 0 Å². The van der Waals surface area contributed by atoms with E-state index < -0.39 is 0 Å². The van der Waals surface area contributed by atoms with Gasteiger partial charge in [-0.05, 0) is 31.2 Å². The molecule has 0 bridgehead atoms. The summed E-state index contributed by atoms with van der Waals surface area (Å²) in [4.78, 5) is 29.1. The van der Waals surface area contributed by atoms with Crippen molar-refractivity contribution in [2.75, 3.05) is 32.7 Å². The molecule has 0 aliphatic carbocycles. The Hall–Kier alpha value is -2.04. The molecule has 3 aliphatic heterocycles. The summed E-state index contributed by atoms with van der Waals surface area (Å²) in [7, 11) is 0. The van der Waals surface area contributed by atoms with Gasteiger partial charge in [0.25, 0.3) is 0 Å². The molecule has 1 aromatic rings. The lowest BCUT2D eigenvalue weighted by Gasteiger charge is -2.42. The van der Waals surface area contributed by atoms with Crippen molar-refractivity contribution < 1.29 is 9.59 Å². The third kappa shape index (κ3) is 2.46. The van der Waals surface area contributed by atoms with Crippen molar-refractivity contribution in [2.45, 2.75) is 31.6 Å². The van der Waals surface area contributed by atoms with Crippen molar-refractivity contribution in [2.24, 2.45) is 5.41 Å². The summed E-state index contributed by atoms with van der Waals surface area (Å²) >= 11 is 0. The van der Waals surface area contributed by atoms with E-state index in [2.05, 4.69) is 17.4 Å². The zero-order valence-corrected chi connectivity index (χ0v) is 14.0. The Labute approximate surface area is 143 Å². The molecule has 0 aromatic heterocycles. The van der Waals surface area contributed by atoms with Crippen LogP contribution in [0.3, 0.4) is 0 Å². The molecule has 0 unspecified atom stereocenters. The van der Waals surface area contributed by atoms with Crippen molar-refractivity contribution in [1.82, 2.24) is 15.1 Å². The van der Waals surface area contributed by atoms with Crippen molar-refractivity contribution in [1.29, 1.82) is 0 Å². The van der Waals surface area contributed by atoms with Crippen LogP contribution in [0.4, 0.5) is 4.79 Å². The Morgan fingerprint density at radius 1 is 1.00 bits per heavy atom. The van der Waals surface area contributed by atoms with Crippen LogP contribution in [0, 0.1) is 5.41 Å². The maximum atomic E-state index is 12.6. The zero-order valence-electron chi connectivity index (χ0n) is 14.0. The fourth-order valence-corrected chi connectivity index (χ4v) is 4.63. The Kier molecular flexibility index (Phi) is 3.94. The Bertz CT molecular complexity index is 617. The largest absolute Gasteiger partial charge is 0.355 e. The van der Waals surface area contributed by atoms with Crippen molar-refractivity contribution in [3.8, 4) is 0 Å². The highest BCUT2D eigenvalue weighted by molar-refractivity contribution is 5.87. The molecule has 1 N–H and O–H groups in total. The van der Waals surface area contributed by atoms with E-state index in [1.54, 1.807) is 0 Å². The van der Waals surface area contributed by atoms with Crippen LogP contribution in [0.5, 0.6) is 0 Å².